The van der Waals surface area contributed by atoms with Crippen molar-refractivity contribution in [2.45, 2.75) is 33.2 Å². The first-order valence-corrected chi connectivity index (χ1v) is 11.0. The Bertz CT molecular complexity index is 964. The number of benzene rings is 2. The van der Waals surface area contributed by atoms with E-state index in [0.717, 1.165) is 6.42 Å². The maximum Gasteiger partial charge on any atom is 0.262 e. The van der Waals surface area contributed by atoms with E-state index in [9.17, 15) is 14.0 Å². The highest BCUT2D eigenvalue weighted by Crippen LogP contribution is 2.36. The van der Waals surface area contributed by atoms with E-state index in [4.69, 9.17) is 9.47 Å². The second-order valence-electron chi connectivity index (χ2n) is 7.32. The van der Waals surface area contributed by atoms with Crippen molar-refractivity contribution in [1.29, 1.82) is 0 Å². The summed E-state index contributed by atoms with van der Waals surface area (Å²) < 4.78 is 24.8. The van der Waals surface area contributed by atoms with Gasteiger partial charge < -0.3 is 14.8 Å². The first-order valence-electron chi connectivity index (χ1n) is 10.2. The Morgan fingerprint density at radius 3 is 2.50 bits per heavy atom. The number of hydrogen-bond acceptors (Lipinski definition) is 5. The van der Waals surface area contributed by atoms with Crippen molar-refractivity contribution >= 4 is 34.0 Å². The quantitative estimate of drug-likeness (QED) is 0.370. The number of nitrogens with zero attached hydrogens (tertiary/aromatic N) is 1. The molecule has 0 aliphatic heterocycles. The van der Waals surface area contributed by atoms with Gasteiger partial charge in [0.25, 0.3) is 11.8 Å². The van der Waals surface area contributed by atoms with Crippen molar-refractivity contribution in [3.63, 3.8) is 0 Å². The van der Waals surface area contributed by atoms with Crippen LogP contribution in [0.3, 0.4) is 0 Å². The van der Waals surface area contributed by atoms with Gasteiger partial charge >= 0.3 is 0 Å². The zero-order valence-corrected chi connectivity index (χ0v) is 20.0. The van der Waals surface area contributed by atoms with Crippen LogP contribution < -0.4 is 20.2 Å². The van der Waals surface area contributed by atoms with E-state index in [-0.39, 0.29) is 11.5 Å². The molecule has 0 radical (unpaired) electrons. The SMILES string of the molecule is CCCOc1c(Br)cc(/C=N/NC(=O)C(NC(=O)c2ccc(F)cc2)C(C)C)cc1OC. The molecule has 0 aromatic heterocycles. The normalized spacial score (nSPS) is 12.0. The van der Waals surface area contributed by atoms with Crippen molar-refractivity contribution in [1.82, 2.24) is 10.7 Å². The van der Waals surface area contributed by atoms with Gasteiger partial charge in [-0.15, -0.1) is 0 Å². The third-order valence-corrected chi connectivity index (χ3v) is 5.02. The maximum absolute atomic E-state index is 13.1. The molecule has 7 nitrogen and oxygen atoms in total. The van der Waals surface area contributed by atoms with E-state index in [2.05, 4.69) is 31.8 Å². The van der Waals surface area contributed by atoms with E-state index in [0.29, 0.717) is 28.1 Å². The fourth-order valence-electron chi connectivity index (χ4n) is 2.76. The summed E-state index contributed by atoms with van der Waals surface area (Å²) in [5.41, 5.74) is 3.39. The molecule has 9 heteroatoms. The van der Waals surface area contributed by atoms with Crippen molar-refractivity contribution in [3.05, 3.63) is 57.8 Å². The second-order valence-corrected chi connectivity index (χ2v) is 8.17. The minimum atomic E-state index is -0.823. The first-order chi connectivity index (χ1) is 15.3. The lowest BCUT2D eigenvalue weighted by Crippen LogP contribution is -2.48. The molecule has 172 valence electrons. The third kappa shape index (κ3) is 7.05. The molecule has 0 bridgehead atoms. The predicted octanol–water partition coefficient (Wildman–Crippen LogP) is 4.29. The summed E-state index contributed by atoms with van der Waals surface area (Å²) in [5, 5.41) is 6.67. The third-order valence-electron chi connectivity index (χ3n) is 4.43. The topological polar surface area (TPSA) is 89.0 Å². The Balaban J connectivity index is 2.07. The van der Waals surface area contributed by atoms with Crippen LogP contribution >= 0.6 is 15.9 Å². The Morgan fingerprint density at radius 1 is 1.22 bits per heavy atom. The van der Waals surface area contributed by atoms with Gasteiger partial charge in [-0.25, -0.2) is 9.82 Å². The molecule has 0 aliphatic carbocycles. The number of carbonyl (C=O) groups excluding carboxylic acids is 2. The number of methoxy groups -OCH3 is 1. The number of halogens is 2. The van der Waals surface area contributed by atoms with Gasteiger partial charge in [0.2, 0.25) is 0 Å². The fraction of sp³-hybridized carbons (Fsp3) is 0.348. The number of hydrazone groups is 1. The summed E-state index contributed by atoms with van der Waals surface area (Å²) >= 11 is 3.46. The molecule has 2 amide bonds. The van der Waals surface area contributed by atoms with Crippen molar-refractivity contribution in [2.75, 3.05) is 13.7 Å². The summed E-state index contributed by atoms with van der Waals surface area (Å²) in [6, 6.07) is 7.80. The van der Waals surface area contributed by atoms with Crippen molar-refractivity contribution < 1.29 is 23.5 Å². The van der Waals surface area contributed by atoms with Gasteiger partial charge in [0.1, 0.15) is 11.9 Å². The number of nitrogens with one attached hydrogen (secondary N) is 2. The fourth-order valence-corrected chi connectivity index (χ4v) is 3.33. The maximum atomic E-state index is 13.1. The lowest BCUT2D eigenvalue weighted by atomic mass is 10.0. The molecule has 0 saturated heterocycles. The highest BCUT2D eigenvalue weighted by atomic mass is 79.9. The molecule has 0 heterocycles. The molecule has 2 rings (SSSR count). The second kappa shape index (κ2) is 12.2. The Hall–Kier alpha value is -2.94. The van der Waals surface area contributed by atoms with E-state index in [1.807, 2.05) is 6.92 Å². The largest absolute Gasteiger partial charge is 0.493 e. The molecule has 0 spiro atoms. The zero-order valence-electron chi connectivity index (χ0n) is 18.4. The summed E-state index contributed by atoms with van der Waals surface area (Å²) in [4.78, 5) is 25.0. The first kappa shape index (κ1) is 25.3. The summed E-state index contributed by atoms with van der Waals surface area (Å²) in [6.45, 7) is 6.17. The Labute approximate surface area is 195 Å². The molecule has 2 N–H and O–H groups in total. The van der Waals surface area contributed by atoms with E-state index >= 15 is 0 Å². The van der Waals surface area contributed by atoms with Gasteiger partial charge in [-0.1, -0.05) is 20.8 Å². The monoisotopic (exact) mass is 507 g/mol. The standard InChI is InChI=1S/C23H27BrFN3O4/c1-5-10-32-21-18(24)11-15(12-19(21)31-4)13-26-28-23(30)20(14(2)3)27-22(29)16-6-8-17(25)9-7-16/h6-9,11-14,20H,5,10H2,1-4H3,(H,27,29)(H,28,30)/b26-13+. The van der Waals surface area contributed by atoms with Crippen LogP contribution in [-0.2, 0) is 4.79 Å². The van der Waals surface area contributed by atoms with Crippen LogP contribution in [0, 0.1) is 11.7 Å². The molecular formula is C23H27BrFN3O4. The molecule has 1 atom stereocenters. The highest BCUT2D eigenvalue weighted by molar-refractivity contribution is 9.10. The average Bonchev–Trinajstić information content (AvgIpc) is 2.76. The average molecular weight is 508 g/mol. The molecule has 2 aromatic rings. The van der Waals surface area contributed by atoms with Gasteiger partial charge in [-0.05, 0) is 70.2 Å². The minimum Gasteiger partial charge on any atom is -0.493 e. The lowest BCUT2D eigenvalue weighted by molar-refractivity contribution is -0.123. The van der Waals surface area contributed by atoms with Crippen molar-refractivity contribution in [2.24, 2.45) is 11.0 Å². The van der Waals surface area contributed by atoms with Gasteiger partial charge in [0.15, 0.2) is 11.5 Å². The van der Waals surface area contributed by atoms with Gasteiger partial charge in [-0.2, -0.15) is 5.10 Å². The molecular weight excluding hydrogens is 481 g/mol. The Morgan fingerprint density at radius 2 is 1.91 bits per heavy atom. The van der Waals surface area contributed by atoms with Crippen LogP contribution in [0.4, 0.5) is 4.39 Å². The summed E-state index contributed by atoms with van der Waals surface area (Å²) in [6.07, 6.45) is 2.33. The van der Waals surface area contributed by atoms with E-state index in [1.165, 1.54) is 30.5 Å². The van der Waals surface area contributed by atoms with Gasteiger partial charge in [0.05, 0.1) is 24.4 Å². The number of hydrogen-bond donors (Lipinski definition) is 2. The zero-order chi connectivity index (χ0) is 23.7. The predicted molar refractivity (Wildman–Crippen MR) is 125 cm³/mol. The van der Waals surface area contributed by atoms with Gasteiger partial charge in [-0.3, -0.25) is 9.59 Å². The van der Waals surface area contributed by atoms with E-state index < -0.39 is 23.7 Å². The Kier molecular flexibility index (Phi) is 9.64. The molecule has 1 unspecified atom stereocenters. The van der Waals surface area contributed by atoms with Crippen LogP contribution in [0.25, 0.3) is 0 Å². The molecule has 32 heavy (non-hydrogen) atoms. The number of rotatable bonds is 10. The van der Waals surface area contributed by atoms with Crippen LogP contribution in [0.15, 0.2) is 46.0 Å². The van der Waals surface area contributed by atoms with Crippen LogP contribution in [-0.4, -0.2) is 37.8 Å². The molecule has 0 saturated carbocycles. The van der Waals surface area contributed by atoms with Crippen LogP contribution in [0.1, 0.15) is 43.1 Å². The molecule has 0 fully saturated rings. The number of carbonyl (C=O) groups is 2. The van der Waals surface area contributed by atoms with E-state index in [1.54, 1.807) is 33.1 Å². The molecule has 2 aromatic carbocycles. The van der Waals surface area contributed by atoms with Crippen molar-refractivity contribution in [3.8, 4) is 11.5 Å². The summed E-state index contributed by atoms with van der Waals surface area (Å²) in [5.74, 6) is -0.452. The lowest BCUT2D eigenvalue weighted by Gasteiger charge is -2.20. The number of amides is 2. The highest BCUT2D eigenvalue weighted by Gasteiger charge is 2.24. The van der Waals surface area contributed by atoms with Gasteiger partial charge in [0, 0.05) is 5.56 Å². The smallest absolute Gasteiger partial charge is 0.262 e. The summed E-state index contributed by atoms with van der Waals surface area (Å²) in [7, 11) is 1.54. The molecule has 0 aliphatic rings. The van der Waals surface area contributed by atoms with Crippen LogP contribution in [0.2, 0.25) is 0 Å². The number of ether oxygens (including phenoxy) is 2. The minimum absolute atomic E-state index is 0.196. The van der Waals surface area contributed by atoms with Crippen LogP contribution in [0.5, 0.6) is 11.5 Å².